The van der Waals surface area contributed by atoms with Crippen molar-refractivity contribution in [3.63, 3.8) is 0 Å². The van der Waals surface area contributed by atoms with Crippen molar-refractivity contribution >= 4 is 11.0 Å². The molecule has 0 N–H and O–H groups in total. The fourth-order valence-electron chi connectivity index (χ4n) is 2.33. The molecule has 0 radical (unpaired) electrons. The van der Waals surface area contributed by atoms with Crippen molar-refractivity contribution in [2.24, 2.45) is 0 Å². The van der Waals surface area contributed by atoms with Gasteiger partial charge < -0.3 is 9.47 Å². The number of nitriles is 1. The van der Waals surface area contributed by atoms with Crippen molar-refractivity contribution in [2.75, 3.05) is 6.79 Å². The molecule has 6 heteroatoms. The summed E-state index contributed by atoms with van der Waals surface area (Å²) in [6.45, 7) is 0.749. The Hall–Kier alpha value is -3.07. The number of benzene rings is 2. The molecule has 0 saturated heterocycles. The molecular weight excluding hydrogens is 268 g/mol. The molecule has 0 unspecified atom stereocenters. The molecule has 21 heavy (non-hydrogen) atoms. The number of aromatic nitrogens is 3. The average molecular weight is 278 g/mol. The molecule has 0 saturated carbocycles. The summed E-state index contributed by atoms with van der Waals surface area (Å²) in [5.74, 6) is 1.39. The maximum absolute atomic E-state index is 8.92. The summed E-state index contributed by atoms with van der Waals surface area (Å²) >= 11 is 0. The summed E-state index contributed by atoms with van der Waals surface area (Å²) in [6, 6.07) is 13.2. The summed E-state index contributed by atoms with van der Waals surface area (Å²) in [4.78, 5) is 1.61. The second kappa shape index (κ2) is 4.49. The molecule has 1 aliphatic rings. The van der Waals surface area contributed by atoms with Crippen LogP contribution in [0.15, 0.2) is 36.4 Å². The third kappa shape index (κ3) is 2.05. The van der Waals surface area contributed by atoms with Gasteiger partial charge in [0.1, 0.15) is 11.0 Å². The predicted molar refractivity (Wildman–Crippen MR) is 73.9 cm³/mol. The van der Waals surface area contributed by atoms with E-state index in [1.54, 1.807) is 10.9 Å². The van der Waals surface area contributed by atoms with E-state index in [0.717, 1.165) is 16.6 Å². The maximum atomic E-state index is 8.92. The van der Waals surface area contributed by atoms with Crippen LogP contribution in [0.5, 0.6) is 11.5 Å². The minimum atomic E-state index is 0.239. The standard InChI is InChI=1S/C15H10N4O2/c16-7-10-2-1-3-11(4-10)8-19-17-12-5-14-15(21-9-20-14)6-13(12)18-19/h1-6H,8-9H2. The van der Waals surface area contributed by atoms with Gasteiger partial charge in [-0.3, -0.25) is 0 Å². The zero-order valence-electron chi connectivity index (χ0n) is 11.0. The highest BCUT2D eigenvalue weighted by Crippen LogP contribution is 2.34. The Morgan fingerprint density at radius 3 is 2.48 bits per heavy atom. The van der Waals surface area contributed by atoms with E-state index in [-0.39, 0.29) is 6.79 Å². The molecule has 102 valence electrons. The van der Waals surface area contributed by atoms with Crippen LogP contribution in [-0.2, 0) is 6.54 Å². The molecule has 0 amide bonds. The van der Waals surface area contributed by atoms with E-state index in [9.17, 15) is 0 Å². The molecule has 3 aromatic rings. The summed E-state index contributed by atoms with van der Waals surface area (Å²) in [6.07, 6.45) is 0. The van der Waals surface area contributed by atoms with E-state index >= 15 is 0 Å². The monoisotopic (exact) mass is 278 g/mol. The van der Waals surface area contributed by atoms with Crippen molar-refractivity contribution < 1.29 is 9.47 Å². The average Bonchev–Trinajstić information content (AvgIpc) is 3.09. The van der Waals surface area contributed by atoms with Gasteiger partial charge in [-0.05, 0) is 17.7 Å². The summed E-state index contributed by atoms with van der Waals surface area (Å²) in [5, 5.41) is 17.8. The SMILES string of the molecule is N#Cc1cccc(Cn2nc3cc4c(cc3n2)OCO4)c1. The third-order valence-electron chi connectivity index (χ3n) is 3.30. The fraction of sp³-hybridized carbons (Fsp3) is 0.133. The van der Waals surface area contributed by atoms with Gasteiger partial charge in [0.2, 0.25) is 6.79 Å². The first kappa shape index (κ1) is 11.7. The number of hydrogen-bond acceptors (Lipinski definition) is 5. The van der Waals surface area contributed by atoms with Gasteiger partial charge in [-0.25, -0.2) is 0 Å². The predicted octanol–water partition coefficient (Wildman–Crippen LogP) is 2.08. The molecule has 1 aliphatic heterocycles. The van der Waals surface area contributed by atoms with Crippen LogP contribution < -0.4 is 9.47 Å². The Labute approximate surface area is 120 Å². The highest BCUT2D eigenvalue weighted by Gasteiger charge is 2.16. The molecule has 4 rings (SSSR count). The van der Waals surface area contributed by atoms with Crippen molar-refractivity contribution in [3.05, 3.63) is 47.5 Å². The van der Waals surface area contributed by atoms with E-state index in [4.69, 9.17) is 14.7 Å². The van der Waals surface area contributed by atoms with Crippen LogP contribution in [-0.4, -0.2) is 21.8 Å². The molecule has 2 heterocycles. The van der Waals surface area contributed by atoms with Crippen molar-refractivity contribution in [1.82, 2.24) is 15.0 Å². The largest absolute Gasteiger partial charge is 0.454 e. The van der Waals surface area contributed by atoms with Gasteiger partial charge in [0.25, 0.3) is 0 Å². The minimum Gasteiger partial charge on any atom is -0.454 e. The lowest BCUT2D eigenvalue weighted by atomic mass is 10.1. The topological polar surface area (TPSA) is 73.0 Å². The summed E-state index contributed by atoms with van der Waals surface area (Å²) in [5.41, 5.74) is 3.13. The van der Waals surface area contributed by atoms with Crippen molar-refractivity contribution in [3.8, 4) is 17.6 Å². The van der Waals surface area contributed by atoms with Gasteiger partial charge in [0, 0.05) is 12.1 Å². The molecule has 0 bridgehead atoms. The van der Waals surface area contributed by atoms with Gasteiger partial charge in [-0.2, -0.15) is 20.3 Å². The van der Waals surface area contributed by atoms with Gasteiger partial charge in [0.15, 0.2) is 11.5 Å². The molecule has 2 aromatic carbocycles. The fourth-order valence-corrected chi connectivity index (χ4v) is 2.33. The Bertz CT molecular complexity index is 838. The first-order valence-corrected chi connectivity index (χ1v) is 6.45. The van der Waals surface area contributed by atoms with E-state index in [1.165, 1.54) is 0 Å². The molecular formula is C15H10N4O2. The van der Waals surface area contributed by atoms with Gasteiger partial charge in [0.05, 0.1) is 18.2 Å². The number of nitrogens with zero attached hydrogens (tertiary/aromatic N) is 4. The summed E-state index contributed by atoms with van der Waals surface area (Å²) < 4.78 is 10.7. The summed E-state index contributed by atoms with van der Waals surface area (Å²) in [7, 11) is 0. The van der Waals surface area contributed by atoms with Crippen LogP contribution in [0, 0.1) is 11.3 Å². The highest BCUT2D eigenvalue weighted by atomic mass is 16.7. The van der Waals surface area contributed by atoms with Crippen molar-refractivity contribution in [1.29, 1.82) is 5.26 Å². The Balaban J connectivity index is 1.69. The Morgan fingerprint density at radius 1 is 1.10 bits per heavy atom. The lowest BCUT2D eigenvalue weighted by Crippen LogP contribution is -2.03. The van der Waals surface area contributed by atoms with Crippen LogP contribution in [0.3, 0.4) is 0 Å². The molecule has 0 fully saturated rings. The molecule has 0 spiro atoms. The second-order valence-electron chi connectivity index (χ2n) is 4.74. The van der Waals surface area contributed by atoms with Crippen LogP contribution in [0.2, 0.25) is 0 Å². The zero-order valence-corrected chi connectivity index (χ0v) is 11.0. The van der Waals surface area contributed by atoms with Gasteiger partial charge in [-0.15, -0.1) is 0 Å². The van der Waals surface area contributed by atoms with Gasteiger partial charge >= 0.3 is 0 Å². The van der Waals surface area contributed by atoms with E-state index in [1.807, 2.05) is 30.3 Å². The first-order valence-electron chi connectivity index (χ1n) is 6.45. The lowest BCUT2D eigenvalue weighted by molar-refractivity contribution is 0.174. The number of rotatable bonds is 2. The first-order chi connectivity index (χ1) is 10.3. The quantitative estimate of drug-likeness (QED) is 0.717. The van der Waals surface area contributed by atoms with Crippen LogP contribution >= 0.6 is 0 Å². The van der Waals surface area contributed by atoms with Gasteiger partial charge in [-0.1, -0.05) is 12.1 Å². The Kier molecular flexibility index (Phi) is 2.51. The smallest absolute Gasteiger partial charge is 0.231 e. The van der Waals surface area contributed by atoms with Crippen LogP contribution in [0.4, 0.5) is 0 Å². The second-order valence-corrected chi connectivity index (χ2v) is 4.74. The Morgan fingerprint density at radius 2 is 1.81 bits per heavy atom. The highest BCUT2D eigenvalue weighted by molar-refractivity contribution is 5.78. The molecule has 0 atom stereocenters. The van der Waals surface area contributed by atoms with Crippen LogP contribution in [0.25, 0.3) is 11.0 Å². The number of ether oxygens (including phenoxy) is 2. The van der Waals surface area contributed by atoms with E-state index in [2.05, 4.69) is 16.3 Å². The number of hydrogen-bond donors (Lipinski definition) is 0. The van der Waals surface area contributed by atoms with E-state index < -0.39 is 0 Å². The maximum Gasteiger partial charge on any atom is 0.231 e. The third-order valence-corrected chi connectivity index (χ3v) is 3.30. The normalized spacial score (nSPS) is 12.5. The molecule has 0 aliphatic carbocycles. The van der Waals surface area contributed by atoms with E-state index in [0.29, 0.717) is 23.6 Å². The van der Waals surface area contributed by atoms with Crippen LogP contribution in [0.1, 0.15) is 11.1 Å². The zero-order chi connectivity index (χ0) is 14.2. The molecule has 1 aromatic heterocycles. The lowest BCUT2D eigenvalue weighted by Gasteiger charge is -2.00. The minimum absolute atomic E-state index is 0.239. The molecule has 6 nitrogen and oxygen atoms in total. The van der Waals surface area contributed by atoms with Crippen molar-refractivity contribution in [2.45, 2.75) is 6.54 Å². The number of fused-ring (bicyclic) bond motifs is 2.